The number of nitrogens with zero attached hydrogens (tertiary/aromatic N) is 1. The molecule has 2 N–H and O–H groups in total. The second-order valence-electron chi connectivity index (χ2n) is 4.96. The molecule has 0 saturated heterocycles. The fourth-order valence-electron chi connectivity index (χ4n) is 1.64. The minimum atomic E-state index is -0.294. The first-order chi connectivity index (χ1) is 7.06. The molecule has 88 valence electrons. The molecule has 0 aromatic rings. The summed E-state index contributed by atoms with van der Waals surface area (Å²) in [5, 5.41) is 0. The minimum absolute atomic E-state index is 0.153. The van der Waals surface area contributed by atoms with E-state index in [2.05, 4.69) is 13.8 Å². The maximum absolute atomic E-state index is 12.0. The van der Waals surface area contributed by atoms with Gasteiger partial charge in [0, 0.05) is 12.6 Å². The van der Waals surface area contributed by atoms with E-state index in [1.807, 2.05) is 11.8 Å². The highest BCUT2D eigenvalue weighted by atomic mass is 16.2. The molecule has 0 radical (unpaired) electrons. The Morgan fingerprint density at radius 2 is 2.07 bits per heavy atom. The van der Waals surface area contributed by atoms with Gasteiger partial charge in [-0.05, 0) is 31.6 Å². The van der Waals surface area contributed by atoms with Crippen LogP contribution in [0.25, 0.3) is 0 Å². The van der Waals surface area contributed by atoms with Crippen LogP contribution >= 0.6 is 0 Å². The number of carbonyl (C=O) groups is 1. The predicted octanol–water partition coefficient (Wildman–Crippen LogP) is 1.76. The van der Waals surface area contributed by atoms with Gasteiger partial charge in [-0.25, -0.2) is 0 Å². The van der Waals surface area contributed by atoms with Crippen LogP contribution in [0.4, 0.5) is 0 Å². The number of amides is 1. The lowest BCUT2D eigenvalue weighted by atomic mass is 10.1. The molecule has 1 rings (SSSR count). The first-order valence-corrected chi connectivity index (χ1v) is 6.12. The lowest BCUT2D eigenvalue weighted by Gasteiger charge is -2.26. The highest BCUT2D eigenvalue weighted by Gasteiger charge is 2.33. The third kappa shape index (κ3) is 3.82. The van der Waals surface area contributed by atoms with Gasteiger partial charge < -0.3 is 10.6 Å². The monoisotopic (exact) mass is 212 g/mol. The van der Waals surface area contributed by atoms with Crippen molar-refractivity contribution in [3.8, 4) is 0 Å². The zero-order valence-corrected chi connectivity index (χ0v) is 10.2. The van der Waals surface area contributed by atoms with Crippen LogP contribution in [0.2, 0.25) is 0 Å². The van der Waals surface area contributed by atoms with Gasteiger partial charge in [0.25, 0.3) is 0 Å². The largest absolute Gasteiger partial charge is 0.338 e. The number of carbonyl (C=O) groups excluding carboxylic acids is 1. The summed E-state index contributed by atoms with van der Waals surface area (Å²) in [5.41, 5.74) is 5.80. The molecule has 3 heteroatoms. The molecule has 15 heavy (non-hydrogen) atoms. The number of rotatable bonds is 6. The number of nitrogens with two attached hydrogens (primary N) is 1. The zero-order valence-electron chi connectivity index (χ0n) is 10.2. The van der Waals surface area contributed by atoms with Crippen LogP contribution in [-0.4, -0.2) is 29.4 Å². The Labute approximate surface area is 93.0 Å². The van der Waals surface area contributed by atoms with Crippen LogP contribution in [0.3, 0.4) is 0 Å². The Hall–Kier alpha value is -0.570. The molecule has 0 aromatic carbocycles. The maximum Gasteiger partial charge on any atom is 0.239 e. The molecule has 0 bridgehead atoms. The van der Waals surface area contributed by atoms with Crippen LogP contribution in [0.5, 0.6) is 0 Å². The molecule has 0 aliphatic heterocycles. The predicted molar refractivity (Wildman–Crippen MR) is 62.5 cm³/mol. The van der Waals surface area contributed by atoms with Crippen molar-refractivity contribution in [3.63, 3.8) is 0 Å². The van der Waals surface area contributed by atoms with Crippen molar-refractivity contribution < 1.29 is 4.79 Å². The van der Waals surface area contributed by atoms with E-state index < -0.39 is 0 Å². The topological polar surface area (TPSA) is 46.3 Å². The van der Waals surface area contributed by atoms with Crippen LogP contribution in [0, 0.1) is 5.92 Å². The Kier molecular flexibility index (Phi) is 4.58. The summed E-state index contributed by atoms with van der Waals surface area (Å²) in [6.45, 7) is 7.23. The SMILES string of the molecule is CC[C@H](N)C(=O)N(CCC(C)C)C1CC1. The van der Waals surface area contributed by atoms with Gasteiger partial charge >= 0.3 is 0 Å². The van der Waals surface area contributed by atoms with Crippen molar-refractivity contribution >= 4 is 5.91 Å². The minimum Gasteiger partial charge on any atom is -0.338 e. The van der Waals surface area contributed by atoms with Gasteiger partial charge in [0.1, 0.15) is 0 Å². The molecule has 1 saturated carbocycles. The molecule has 1 atom stereocenters. The maximum atomic E-state index is 12.0. The van der Waals surface area contributed by atoms with Gasteiger partial charge in [0.15, 0.2) is 0 Å². The average Bonchev–Trinajstić information content (AvgIpc) is 3.00. The molecule has 0 spiro atoms. The van der Waals surface area contributed by atoms with Gasteiger partial charge in [0.2, 0.25) is 5.91 Å². The Morgan fingerprint density at radius 1 is 1.47 bits per heavy atom. The highest BCUT2D eigenvalue weighted by molar-refractivity contribution is 5.82. The van der Waals surface area contributed by atoms with Crippen molar-refractivity contribution in [2.24, 2.45) is 11.7 Å². The standard InChI is InChI=1S/C12H24N2O/c1-4-11(13)12(15)14(10-5-6-10)8-7-9(2)3/h9-11H,4-8,13H2,1-3H3/t11-/m0/s1. The molecule has 1 aliphatic carbocycles. The zero-order chi connectivity index (χ0) is 11.4. The first kappa shape index (κ1) is 12.5. The van der Waals surface area contributed by atoms with Crippen LogP contribution in [0.1, 0.15) is 46.5 Å². The van der Waals surface area contributed by atoms with Gasteiger partial charge in [-0.15, -0.1) is 0 Å². The summed E-state index contributed by atoms with van der Waals surface area (Å²) < 4.78 is 0. The van der Waals surface area contributed by atoms with E-state index in [0.29, 0.717) is 12.0 Å². The molecule has 0 heterocycles. The van der Waals surface area contributed by atoms with E-state index >= 15 is 0 Å². The fourth-order valence-corrected chi connectivity index (χ4v) is 1.64. The normalized spacial score (nSPS) is 17.9. The number of hydrogen-bond acceptors (Lipinski definition) is 2. The van der Waals surface area contributed by atoms with Crippen LogP contribution in [-0.2, 0) is 4.79 Å². The quantitative estimate of drug-likeness (QED) is 0.729. The molecule has 1 aliphatic rings. The molecule has 1 fully saturated rings. The Balaban J connectivity index is 2.45. The van der Waals surface area contributed by atoms with Crippen molar-refractivity contribution in [1.82, 2.24) is 4.90 Å². The second kappa shape index (κ2) is 5.50. The van der Waals surface area contributed by atoms with Gasteiger partial charge in [-0.2, -0.15) is 0 Å². The Bertz CT molecular complexity index is 212. The van der Waals surface area contributed by atoms with Crippen molar-refractivity contribution in [1.29, 1.82) is 0 Å². The van der Waals surface area contributed by atoms with E-state index in [1.54, 1.807) is 0 Å². The van der Waals surface area contributed by atoms with E-state index in [1.165, 1.54) is 12.8 Å². The summed E-state index contributed by atoms with van der Waals surface area (Å²) in [6.07, 6.45) is 4.16. The second-order valence-corrected chi connectivity index (χ2v) is 4.96. The molecule has 1 amide bonds. The summed E-state index contributed by atoms with van der Waals surface area (Å²) in [7, 11) is 0. The van der Waals surface area contributed by atoms with Crippen LogP contribution < -0.4 is 5.73 Å². The number of hydrogen-bond donors (Lipinski definition) is 1. The van der Waals surface area contributed by atoms with E-state index in [-0.39, 0.29) is 11.9 Å². The van der Waals surface area contributed by atoms with Crippen molar-refractivity contribution in [2.75, 3.05) is 6.54 Å². The van der Waals surface area contributed by atoms with E-state index in [9.17, 15) is 4.79 Å². The van der Waals surface area contributed by atoms with Crippen LogP contribution in [0.15, 0.2) is 0 Å². The summed E-state index contributed by atoms with van der Waals surface area (Å²) >= 11 is 0. The summed E-state index contributed by atoms with van der Waals surface area (Å²) in [5.74, 6) is 0.803. The summed E-state index contributed by atoms with van der Waals surface area (Å²) in [4.78, 5) is 14.0. The van der Waals surface area contributed by atoms with Crippen molar-refractivity contribution in [3.05, 3.63) is 0 Å². The fraction of sp³-hybridized carbons (Fsp3) is 0.917. The molecule has 3 nitrogen and oxygen atoms in total. The Morgan fingerprint density at radius 3 is 2.47 bits per heavy atom. The smallest absolute Gasteiger partial charge is 0.239 e. The van der Waals surface area contributed by atoms with E-state index in [0.717, 1.165) is 19.4 Å². The third-order valence-electron chi connectivity index (χ3n) is 2.98. The summed E-state index contributed by atoms with van der Waals surface area (Å²) in [6, 6.07) is 0.201. The molecular formula is C12H24N2O. The van der Waals surface area contributed by atoms with Crippen molar-refractivity contribution in [2.45, 2.75) is 58.5 Å². The molecule has 0 aromatic heterocycles. The van der Waals surface area contributed by atoms with E-state index in [4.69, 9.17) is 5.73 Å². The first-order valence-electron chi connectivity index (χ1n) is 6.12. The lowest BCUT2D eigenvalue weighted by Crippen LogP contribution is -2.45. The molecular weight excluding hydrogens is 188 g/mol. The highest BCUT2D eigenvalue weighted by Crippen LogP contribution is 2.28. The molecule has 0 unspecified atom stereocenters. The van der Waals surface area contributed by atoms with Gasteiger partial charge in [0.05, 0.1) is 6.04 Å². The van der Waals surface area contributed by atoms with Gasteiger partial charge in [-0.1, -0.05) is 20.8 Å². The third-order valence-corrected chi connectivity index (χ3v) is 2.98. The van der Waals surface area contributed by atoms with Gasteiger partial charge in [-0.3, -0.25) is 4.79 Å². The average molecular weight is 212 g/mol. The lowest BCUT2D eigenvalue weighted by molar-refractivity contribution is -0.133.